The Kier molecular flexibility index (Phi) is 19.8. The summed E-state index contributed by atoms with van der Waals surface area (Å²) in [5.74, 6) is 1.37. The normalized spacial score (nSPS) is 17.7. The molecule has 3 aromatic heterocycles. The number of aliphatic hydroxyl groups excluding tert-OH is 1. The average Bonchev–Trinajstić information content (AvgIpc) is 4.14. The van der Waals surface area contributed by atoms with Crippen molar-refractivity contribution < 1.29 is 38.1 Å². The molecule has 0 spiro atoms. The number of benzene rings is 1. The first-order chi connectivity index (χ1) is 32.4. The summed E-state index contributed by atoms with van der Waals surface area (Å²) >= 11 is 4.68. The molecule has 2 amide bonds. The fourth-order valence-corrected chi connectivity index (χ4v) is 10.7. The lowest BCUT2D eigenvalue weighted by molar-refractivity contribution is -0.142. The van der Waals surface area contributed by atoms with Crippen LogP contribution in [-0.2, 0) is 46.3 Å². The van der Waals surface area contributed by atoms with Crippen LogP contribution in [-0.4, -0.2) is 125 Å². The van der Waals surface area contributed by atoms with Crippen LogP contribution in [0.2, 0.25) is 0 Å². The van der Waals surface area contributed by atoms with Gasteiger partial charge in [-0.05, 0) is 49.4 Å². The molecule has 15 nitrogen and oxygen atoms in total. The van der Waals surface area contributed by atoms with Gasteiger partial charge in [0.2, 0.25) is 17.7 Å². The van der Waals surface area contributed by atoms with E-state index in [1.54, 1.807) is 40.4 Å². The number of ketones is 1. The number of thiazole rings is 2. The molecule has 372 valence electrons. The van der Waals surface area contributed by atoms with E-state index in [9.17, 15) is 19.5 Å². The number of aryl methyl sites for hydroxylation is 1. The van der Waals surface area contributed by atoms with Crippen LogP contribution in [0.5, 0.6) is 0 Å². The van der Waals surface area contributed by atoms with Crippen LogP contribution in [0.15, 0.2) is 63.1 Å². The second-order valence-corrected chi connectivity index (χ2v) is 22.9. The van der Waals surface area contributed by atoms with E-state index >= 15 is 0 Å². The number of ether oxygens (including phenoxy) is 3. The molecule has 0 radical (unpaired) electrons. The molecule has 0 bridgehead atoms. The predicted molar refractivity (Wildman–Crippen MR) is 269 cm³/mol. The number of thioether (sulfide) groups is 1. The van der Waals surface area contributed by atoms with Crippen LogP contribution in [0, 0.1) is 24.2 Å². The quantitative estimate of drug-likeness (QED) is 0.0428. The lowest BCUT2D eigenvalue weighted by Crippen LogP contribution is -2.46. The van der Waals surface area contributed by atoms with Crippen LogP contribution in [0.25, 0.3) is 10.4 Å². The highest BCUT2D eigenvalue weighted by atomic mass is 32.2. The highest BCUT2D eigenvalue weighted by Gasteiger charge is 2.43. The maximum atomic E-state index is 14.1. The lowest BCUT2D eigenvalue weighted by atomic mass is 9.76. The van der Waals surface area contributed by atoms with Crippen molar-refractivity contribution in [2.24, 2.45) is 17.3 Å². The summed E-state index contributed by atoms with van der Waals surface area (Å²) in [6.07, 6.45) is 5.15. The molecule has 2 aliphatic heterocycles. The van der Waals surface area contributed by atoms with E-state index in [1.165, 1.54) is 11.3 Å². The second-order valence-electron chi connectivity index (χ2n) is 19.7. The number of piperidine rings is 1. The minimum Gasteiger partial charge on any atom is -0.444 e. The van der Waals surface area contributed by atoms with Crippen molar-refractivity contribution >= 4 is 57.2 Å². The Bertz CT molecular complexity index is 2240. The molecule has 0 saturated carbocycles. The first-order valence-corrected chi connectivity index (χ1v) is 26.3. The summed E-state index contributed by atoms with van der Waals surface area (Å²) < 4.78 is 24.1. The summed E-state index contributed by atoms with van der Waals surface area (Å²) in [5, 5.41) is 17.7. The molecular weight excluding hydrogens is 923 g/mol. The van der Waals surface area contributed by atoms with Crippen molar-refractivity contribution in [3.8, 4) is 10.4 Å². The minimum atomic E-state index is -0.671. The third-order valence-corrected chi connectivity index (χ3v) is 15.4. The number of β-amino-alcohol motifs (C(OH)–C–C–N with tert-alkyl or cyclic N) is 1. The Morgan fingerprint density at radius 2 is 1.65 bits per heavy atom. The van der Waals surface area contributed by atoms with E-state index in [1.807, 2.05) is 33.2 Å². The zero-order valence-corrected chi connectivity index (χ0v) is 43.3. The second kappa shape index (κ2) is 25.2. The maximum absolute atomic E-state index is 14.1. The molecule has 2 saturated heterocycles. The molecule has 2 aliphatic rings. The zero-order valence-electron chi connectivity index (χ0n) is 40.8. The van der Waals surface area contributed by atoms with Gasteiger partial charge in [-0.25, -0.2) is 15.0 Å². The van der Waals surface area contributed by atoms with Gasteiger partial charge in [0.1, 0.15) is 11.5 Å². The van der Waals surface area contributed by atoms with Crippen molar-refractivity contribution in [1.29, 1.82) is 0 Å². The molecule has 6 rings (SSSR count). The van der Waals surface area contributed by atoms with E-state index in [4.69, 9.17) is 18.6 Å². The monoisotopic (exact) mass is 993 g/mol. The molecular formula is C50H71N7O8S3. The van der Waals surface area contributed by atoms with Gasteiger partial charge in [-0.2, -0.15) is 0 Å². The number of amides is 2. The number of aliphatic hydroxyl groups is 1. The smallest absolute Gasteiger partial charge is 0.229 e. The number of nitrogens with zero attached hydrogens (tertiary/aromatic N) is 5. The summed E-state index contributed by atoms with van der Waals surface area (Å²) in [5.41, 5.74) is 5.17. The van der Waals surface area contributed by atoms with Gasteiger partial charge >= 0.3 is 0 Å². The van der Waals surface area contributed by atoms with Crippen molar-refractivity contribution in [3.05, 3.63) is 77.4 Å². The van der Waals surface area contributed by atoms with Gasteiger partial charge in [-0.1, -0.05) is 83.7 Å². The van der Waals surface area contributed by atoms with Crippen molar-refractivity contribution in [2.75, 3.05) is 71.1 Å². The average molecular weight is 994 g/mol. The van der Waals surface area contributed by atoms with E-state index in [-0.39, 0.29) is 61.0 Å². The van der Waals surface area contributed by atoms with Crippen molar-refractivity contribution in [3.63, 3.8) is 0 Å². The first-order valence-electron chi connectivity index (χ1n) is 23.7. The fourth-order valence-electron chi connectivity index (χ4n) is 8.16. The van der Waals surface area contributed by atoms with Gasteiger partial charge in [0.25, 0.3) is 0 Å². The number of Topliss-reactive ketones (excluding diaryl/α,β-unsaturated/α-hetero) is 1. The van der Waals surface area contributed by atoms with Gasteiger partial charge < -0.3 is 44.2 Å². The molecule has 4 aromatic rings. The molecule has 1 unspecified atom stereocenters. The molecule has 2 fully saturated rings. The van der Waals surface area contributed by atoms with Crippen LogP contribution in [0.1, 0.15) is 96.6 Å². The van der Waals surface area contributed by atoms with E-state index in [2.05, 4.69) is 82.1 Å². The number of carbonyl (C=O) groups excluding carboxylic acids is 3. The Hall–Kier alpha value is -4.01. The lowest BCUT2D eigenvalue weighted by Gasteiger charge is -2.35. The molecule has 68 heavy (non-hydrogen) atoms. The van der Waals surface area contributed by atoms with Crippen LogP contribution in [0.4, 0.5) is 5.13 Å². The fraction of sp³-hybridized carbons (Fsp3) is 0.600. The van der Waals surface area contributed by atoms with Gasteiger partial charge in [0, 0.05) is 61.8 Å². The predicted octanol–water partition coefficient (Wildman–Crippen LogP) is 8.13. The van der Waals surface area contributed by atoms with E-state index in [0.29, 0.717) is 68.5 Å². The topological polar surface area (TPSA) is 181 Å². The van der Waals surface area contributed by atoms with Crippen molar-refractivity contribution in [2.45, 2.75) is 115 Å². The highest BCUT2D eigenvalue weighted by molar-refractivity contribution is 8.00. The standard InChI is InChI=1S/C50H71N7O8S3/c1-33(51-27-35-9-11-36(12-10-35)45-34(2)54-32-67-45)41-26-39(59)30-57(41)47(61)40(49(3,4)5)25-38(58)15-19-62-21-23-64-24-22-63-20-18-56-16-13-37(14-17-56)46(60)55-48-53-29-44(68-48)66-31-43-52-28-42(65-43)50(6,7)8/h9-12,28-29,32,37,39-41,51,59H,1,13-27,30-31H2,2-8H3,(H,53,55,60)/t39-,40?,41+/m0/s1. The summed E-state index contributed by atoms with van der Waals surface area (Å²) in [7, 11) is 0. The number of nitrogens with one attached hydrogen (secondary N) is 2. The maximum Gasteiger partial charge on any atom is 0.229 e. The summed E-state index contributed by atoms with van der Waals surface area (Å²) in [6.45, 7) is 24.1. The summed E-state index contributed by atoms with van der Waals surface area (Å²) in [4.78, 5) is 58.7. The zero-order chi connectivity index (χ0) is 48.8. The van der Waals surface area contributed by atoms with Crippen molar-refractivity contribution in [1.82, 2.24) is 30.1 Å². The number of likely N-dealkylation sites (tertiary alicyclic amines) is 2. The SMILES string of the molecule is C=C(NCc1ccc(-c2scnc2C)cc1)[C@H]1C[C@H](O)CN1C(=O)C(CC(=O)CCOCCOCCOCCN1CCC(C(=O)Nc2ncc(SCc3ncc(C(C)(C)C)o3)s2)CC1)C(C)(C)C. The minimum absolute atomic E-state index is 0.0187. The Labute approximate surface area is 414 Å². The molecule has 3 N–H and O–H groups in total. The number of hydrogen-bond donors (Lipinski definition) is 3. The number of rotatable bonds is 25. The number of aromatic nitrogens is 3. The van der Waals surface area contributed by atoms with Gasteiger partial charge in [-0.3, -0.25) is 14.4 Å². The number of hydrogen-bond acceptors (Lipinski definition) is 16. The van der Waals surface area contributed by atoms with Crippen LogP contribution < -0.4 is 10.6 Å². The van der Waals surface area contributed by atoms with Gasteiger partial charge in [0.15, 0.2) is 5.13 Å². The number of anilines is 1. The third-order valence-electron chi connectivity index (χ3n) is 12.3. The molecule has 1 aromatic carbocycles. The largest absolute Gasteiger partial charge is 0.444 e. The number of oxazole rings is 1. The van der Waals surface area contributed by atoms with Gasteiger partial charge in [-0.15, -0.1) is 23.1 Å². The Morgan fingerprint density at radius 1 is 0.956 bits per heavy atom. The molecule has 0 aliphatic carbocycles. The number of carbonyl (C=O) groups is 3. The molecule has 18 heteroatoms. The van der Waals surface area contributed by atoms with Gasteiger partial charge in [0.05, 0.1) is 90.2 Å². The van der Waals surface area contributed by atoms with E-state index in [0.717, 1.165) is 64.1 Å². The summed E-state index contributed by atoms with van der Waals surface area (Å²) in [6, 6.07) is 7.93. The molecule has 3 atom stereocenters. The molecule has 5 heterocycles. The highest BCUT2D eigenvalue weighted by Crippen LogP contribution is 2.36. The van der Waals surface area contributed by atoms with Crippen LogP contribution in [0.3, 0.4) is 0 Å². The Balaban J connectivity index is 0.788. The van der Waals surface area contributed by atoms with Crippen LogP contribution >= 0.6 is 34.4 Å². The first kappa shape index (κ1) is 53.3. The third kappa shape index (κ3) is 16.0. The Morgan fingerprint density at radius 3 is 2.29 bits per heavy atom. The van der Waals surface area contributed by atoms with E-state index < -0.39 is 17.4 Å².